The Morgan fingerprint density at radius 1 is 1.14 bits per heavy atom. The lowest BCUT2D eigenvalue weighted by atomic mass is 9.90. The number of benzene rings is 2. The van der Waals surface area contributed by atoms with E-state index in [0.717, 1.165) is 10.2 Å². The Labute approximate surface area is 203 Å². The fourth-order valence-corrected chi connectivity index (χ4v) is 3.33. The molecule has 0 bridgehead atoms. The van der Waals surface area contributed by atoms with Crippen molar-refractivity contribution in [2.24, 2.45) is 5.41 Å². The number of aromatic nitrogens is 2. The van der Waals surface area contributed by atoms with Gasteiger partial charge in [-0.3, -0.25) is 9.59 Å². The first kappa shape index (κ1) is 25.9. The fourth-order valence-electron chi connectivity index (χ4n) is 3.33. The third kappa shape index (κ3) is 6.66. The molecule has 0 saturated heterocycles. The number of amides is 1. The van der Waals surface area contributed by atoms with Crippen LogP contribution in [0.2, 0.25) is 0 Å². The molecule has 1 heterocycles. The molecule has 35 heavy (non-hydrogen) atoms. The van der Waals surface area contributed by atoms with Gasteiger partial charge in [-0.2, -0.15) is 9.78 Å². The molecular weight excluding hydrogens is 453 g/mol. The first-order valence-electron chi connectivity index (χ1n) is 11.2. The van der Waals surface area contributed by atoms with Crippen molar-refractivity contribution in [1.29, 1.82) is 0 Å². The minimum absolute atomic E-state index is 0.0626. The first-order valence-corrected chi connectivity index (χ1v) is 11.2. The van der Waals surface area contributed by atoms with Gasteiger partial charge in [-0.25, -0.2) is 4.39 Å². The average molecular weight is 484 g/mol. The number of aliphatic hydroxyl groups excluding tert-OH is 1. The highest BCUT2D eigenvalue weighted by Gasteiger charge is 2.26. The summed E-state index contributed by atoms with van der Waals surface area (Å²) in [5, 5.41) is 26.7. The number of carboxylic acid groups (broad SMARTS) is 1. The molecule has 3 N–H and O–H groups in total. The maximum atomic E-state index is 14.5. The molecule has 3 aromatic rings. The lowest BCUT2D eigenvalue weighted by Crippen LogP contribution is -2.32. The first-order chi connectivity index (χ1) is 16.5. The van der Waals surface area contributed by atoms with Crippen molar-refractivity contribution in [3.8, 4) is 11.6 Å². The van der Waals surface area contributed by atoms with E-state index in [4.69, 9.17) is 4.74 Å². The van der Waals surface area contributed by atoms with E-state index in [9.17, 15) is 24.2 Å². The zero-order valence-corrected chi connectivity index (χ0v) is 20.2. The molecule has 0 radical (unpaired) electrons. The molecule has 3 rings (SSSR count). The summed E-state index contributed by atoms with van der Waals surface area (Å²) in [6.45, 7) is 7.32. The molecular formula is C26H30FN3O5. The van der Waals surface area contributed by atoms with Gasteiger partial charge >= 0.3 is 5.97 Å². The van der Waals surface area contributed by atoms with E-state index >= 15 is 0 Å². The molecule has 1 aromatic heterocycles. The maximum absolute atomic E-state index is 14.5. The molecule has 186 valence electrons. The lowest BCUT2D eigenvalue weighted by Gasteiger charge is -2.25. The van der Waals surface area contributed by atoms with Gasteiger partial charge < -0.3 is 20.3 Å². The maximum Gasteiger partial charge on any atom is 0.305 e. The molecule has 0 aliphatic heterocycles. The van der Waals surface area contributed by atoms with Gasteiger partial charge in [0.15, 0.2) is 5.69 Å². The van der Waals surface area contributed by atoms with Crippen molar-refractivity contribution >= 4 is 11.9 Å². The van der Waals surface area contributed by atoms with Gasteiger partial charge in [-0.1, -0.05) is 62.7 Å². The predicted octanol–water partition coefficient (Wildman–Crippen LogP) is 4.05. The van der Waals surface area contributed by atoms with Crippen LogP contribution in [0.1, 0.15) is 54.8 Å². The van der Waals surface area contributed by atoms with Gasteiger partial charge in [-0.05, 0) is 30.0 Å². The molecule has 0 saturated carbocycles. The Morgan fingerprint density at radius 2 is 1.86 bits per heavy atom. The van der Waals surface area contributed by atoms with Crippen molar-refractivity contribution in [2.45, 2.75) is 46.3 Å². The fraction of sp³-hybridized carbons (Fsp3) is 0.346. The number of aryl methyl sites for hydroxylation is 1. The van der Waals surface area contributed by atoms with Gasteiger partial charge in [0.25, 0.3) is 5.91 Å². The highest BCUT2D eigenvalue weighted by molar-refractivity contribution is 5.93. The molecule has 1 amide bonds. The van der Waals surface area contributed by atoms with Crippen LogP contribution in [0.25, 0.3) is 5.69 Å². The standard InChI is InChI=1S/C26H30FN3O5/c1-16-8-7-9-17(12-16)19(14-24(32)33)28-25(34)20-13-23(35-15-22(31)26(2,3)4)30(29-20)21-11-6-5-10-18(21)27/h5-13,19,22,31H,14-15H2,1-4H3,(H,28,34)(H,32,33)/t19-,22-/m0/s1. The summed E-state index contributed by atoms with van der Waals surface area (Å²) < 4.78 is 21.4. The summed E-state index contributed by atoms with van der Waals surface area (Å²) >= 11 is 0. The summed E-state index contributed by atoms with van der Waals surface area (Å²) in [6, 6.07) is 13.6. The second-order valence-electron chi connectivity index (χ2n) is 9.46. The zero-order chi connectivity index (χ0) is 25.8. The van der Waals surface area contributed by atoms with E-state index in [1.807, 2.05) is 33.8 Å². The lowest BCUT2D eigenvalue weighted by molar-refractivity contribution is -0.137. The van der Waals surface area contributed by atoms with Crippen LogP contribution in [0, 0.1) is 18.2 Å². The van der Waals surface area contributed by atoms with Gasteiger partial charge in [0.2, 0.25) is 5.88 Å². The Morgan fingerprint density at radius 3 is 2.49 bits per heavy atom. The average Bonchev–Trinajstić information content (AvgIpc) is 3.20. The van der Waals surface area contributed by atoms with Gasteiger partial charge in [0, 0.05) is 6.07 Å². The molecule has 0 aliphatic rings. The number of nitrogens with one attached hydrogen (secondary N) is 1. The summed E-state index contributed by atoms with van der Waals surface area (Å²) in [5.41, 5.74) is 1.08. The number of carbonyl (C=O) groups excluding carboxylic acids is 1. The largest absolute Gasteiger partial charge is 0.481 e. The summed E-state index contributed by atoms with van der Waals surface area (Å²) in [7, 11) is 0. The van der Waals surface area contributed by atoms with Crippen LogP contribution in [0.3, 0.4) is 0 Å². The molecule has 2 aromatic carbocycles. The van der Waals surface area contributed by atoms with Gasteiger partial charge in [0.1, 0.15) is 18.1 Å². The van der Waals surface area contributed by atoms with Crippen molar-refractivity contribution < 1.29 is 28.9 Å². The van der Waals surface area contributed by atoms with Crippen LogP contribution in [-0.2, 0) is 4.79 Å². The number of halogens is 1. The number of nitrogens with zero attached hydrogens (tertiary/aromatic N) is 2. The number of carboxylic acids is 1. The van der Waals surface area contributed by atoms with Crippen molar-refractivity contribution in [3.63, 3.8) is 0 Å². The van der Waals surface area contributed by atoms with Crippen LogP contribution in [0.5, 0.6) is 5.88 Å². The number of hydrogen-bond donors (Lipinski definition) is 3. The van der Waals surface area contributed by atoms with E-state index in [-0.39, 0.29) is 30.3 Å². The van der Waals surface area contributed by atoms with Crippen LogP contribution >= 0.6 is 0 Å². The normalized spacial score (nSPS) is 13.2. The minimum Gasteiger partial charge on any atom is -0.481 e. The number of rotatable bonds is 9. The molecule has 0 unspecified atom stereocenters. The topological polar surface area (TPSA) is 114 Å². The third-order valence-corrected chi connectivity index (χ3v) is 5.51. The van der Waals surface area contributed by atoms with Crippen molar-refractivity contribution in [1.82, 2.24) is 15.1 Å². The smallest absolute Gasteiger partial charge is 0.305 e. The molecule has 0 aliphatic carbocycles. The Bertz CT molecular complexity index is 1200. The Balaban J connectivity index is 1.93. The summed E-state index contributed by atoms with van der Waals surface area (Å²) in [5.74, 6) is -2.23. The highest BCUT2D eigenvalue weighted by atomic mass is 19.1. The molecule has 0 spiro atoms. The molecule has 0 fully saturated rings. The highest BCUT2D eigenvalue weighted by Crippen LogP contribution is 2.25. The van der Waals surface area contributed by atoms with Crippen LogP contribution < -0.4 is 10.1 Å². The number of ether oxygens (including phenoxy) is 1. The SMILES string of the molecule is Cc1cccc([C@H](CC(=O)O)NC(=O)c2cc(OC[C@H](O)C(C)(C)C)n(-c3ccccc3F)n2)c1. The van der Waals surface area contributed by atoms with E-state index in [2.05, 4.69) is 10.4 Å². The Kier molecular flexibility index (Phi) is 7.91. The van der Waals surface area contributed by atoms with E-state index in [1.165, 1.54) is 24.3 Å². The number of aliphatic hydroxyl groups is 1. The number of carbonyl (C=O) groups is 2. The van der Waals surface area contributed by atoms with Crippen LogP contribution in [0.4, 0.5) is 4.39 Å². The quantitative estimate of drug-likeness (QED) is 0.423. The number of hydrogen-bond acceptors (Lipinski definition) is 5. The Hall–Kier alpha value is -3.72. The summed E-state index contributed by atoms with van der Waals surface area (Å²) in [6.07, 6.45) is -1.16. The van der Waals surface area contributed by atoms with Crippen LogP contribution in [-0.4, -0.2) is 44.6 Å². The molecule has 8 nitrogen and oxygen atoms in total. The number of para-hydroxylation sites is 1. The zero-order valence-electron chi connectivity index (χ0n) is 20.2. The predicted molar refractivity (Wildman–Crippen MR) is 128 cm³/mol. The van der Waals surface area contributed by atoms with E-state index in [0.29, 0.717) is 5.56 Å². The van der Waals surface area contributed by atoms with Crippen molar-refractivity contribution in [3.05, 3.63) is 77.2 Å². The second kappa shape index (κ2) is 10.7. The van der Waals surface area contributed by atoms with Crippen LogP contribution in [0.15, 0.2) is 54.6 Å². The van der Waals surface area contributed by atoms with E-state index < -0.39 is 35.3 Å². The third-order valence-electron chi connectivity index (χ3n) is 5.51. The second-order valence-corrected chi connectivity index (χ2v) is 9.46. The van der Waals surface area contributed by atoms with Gasteiger partial charge in [-0.15, -0.1) is 0 Å². The molecule has 2 atom stereocenters. The monoisotopic (exact) mass is 483 g/mol. The molecule has 9 heteroatoms. The minimum atomic E-state index is -1.08. The summed E-state index contributed by atoms with van der Waals surface area (Å²) in [4.78, 5) is 24.5. The van der Waals surface area contributed by atoms with Gasteiger partial charge in [0.05, 0.1) is 18.6 Å². The van der Waals surface area contributed by atoms with E-state index in [1.54, 1.807) is 24.3 Å². The van der Waals surface area contributed by atoms with Crippen molar-refractivity contribution in [2.75, 3.05) is 6.61 Å². The number of aliphatic carboxylic acids is 1.